The summed E-state index contributed by atoms with van der Waals surface area (Å²) >= 11 is 0. The number of nitrogens with one attached hydrogen (secondary N) is 1. The van der Waals surface area contributed by atoms with E-state index in [0.29, 0.717) is 5.56 Å². The van der Waals surface area contributed by atoms with E-state index in [1.165, 1.54) is 24.3 Å². The van der Waals surface area contributed by atoms with Gasteiger partial charge in [0.15, 0.2) is 0 Å². The lowest BCUT2D eigenvalue weighted by Crippen LogP contribution is -2.28. The fraction of sp³-hybridized carbons (Fsp3) is 0.143. The summed E-state index contributed by atoms with van der Waals surface area (Å²) < 4.78 is 51.6. The SMILES string of the molecule is O=S(=O)(NCC(O)c1ccc(F)cc1)c1ccc(F)cc1. The van der Waals surface area contributed by atoms with Crippen LogP contribution in [-0.4, -0.2) is 20.1 Å². The molecule has 2 aromatic rings. The normalized spacial score (nSPS) is 13.1. The van der Waals surface area contributed by atoms with Gasteiger partial charge in [-0.3, -0.25) is 0 Å². The van der Waals surface area contributed by atoms with E-state index in [-0.39, 0.29) is 11.4 Å². The predicted octanol–water partition coefficient (Wildman–Crippen LogP) is 1.98. The molecule has 2 rings (SSSR count). The molecule has 0 aliphatic heterocycles. The first-order chi connectivity index (χ1) is 9.88. The molecule has 7 heteroatoms. The summed E-state index contributed by atoms with van der Waals surface area (Å²) in [7, 11) is -3.84. The van der Waals surface area contributed by atoms with Gasteiger partial charge in [0.2, 0.25) is 10.0 Å². The van der Waals surface area contributed by atoms with Gasteiger partial charge in [0, 0.05) is 6.54 Å². The van der Waals surface area contributed by atoms with Crippen molar-refractivity contribution in [3.05, 3.63) is 65.7 Å². The van der Waals surface area contributed by atoms with Crippen molar-refractivity contribution in [1.82, 2.24) is 4.72 Å². The Morgan fingerprint density at radius 1 is 0.952 bits per heavy atom. The largest absolute Gasteiger partial charge is 0.387 e. The minimum atomic E-state index is -3.84. The van der Waals surface area contributed by atoms with Gasteiger partial charge >= 0.3 is 0 Å². The highest BCUT2D eigenvalue weighted by Crippen LogP contribution is 2.14. The lowest BCUT2D eigenvalue weighted by Gasteiger charge is -2.12. The van der Waals surface area contributed by atoms with E-state index in [1.54, 1.807) is 0 Å². The lowest BCUT2D eigenvalue weighted by atomic mass is 10.1. The monoisotopic (exact) mass is 313 g/mol. The molecule has 2 N–H and O–H groups in total. The van der Waals surface area contributed by atoms with Crippen molar-refractivity contribution >= 4 is 10.0 Å². The second-order valence-corrected chi connectivity index (χ2v) is 6.14. The first-order valence-electron chi connectivity index (χ1n) is 6.07. The number of hydrogen-bond donors (Lipinski definition) is 2. The van der Waals surface area contributed by atoms with E-state index in [4.69, 9.17) is 0 Å². The first kappa shape index (κ1) is 15.6. The van der Waals surface area contributed by atoms with E-state index >= 15 is 0 Å². The number of aliphatic hydroxyl groups is 1. The smallest absolute Gasteiger partial charge is 0.240 e. The van der Waals surface area contributed by atoms with E-state index in [9.17, 15) is 22.3 Å². The minimum absolute atomic E-state index is 0.102. The lowest BCUT2D eigenvalue weighted by molar-refractivity contribution is 0.182. The Morgan fingerprint density at radius 2 is 1.43 bits per heavy atom. The molecular formula is C14H13F2NO3S. The van der Waals surface area contributed by atoms with E-state index in [0.717, 1.165) is 24.3 Å². The summed E-state index contributed by atoms with van der Waals surface area (Å²) in [5.74, 6) is -0.988. The van der Waals surface area contributed by atoms with Gasteiger partial charge in [-0.2, -0.15) is 0 Å². The van der Waals surface area contributed by atoms with Gasteiger partial charge in [-0.1, -0.05) is 12.1 Å². The van der Waals surface area contributed by atoms with Crippen LogP contribution in [0.1, 0.15) is 11.7 Å². The molecule has 0 fully saturated rings. The van der Waals surface area contributed by atoms with Crippen LogP contribution in [-0.2, 0) is 10.0 Å². The van der Waals surface area contributed by atoms with Gasteiger partial charge in [-0.05, 0) is 42.0 Å². The maximum absolute atomic E-state index is 12.8. The quantitative estimate of drug-likeness (QED) is 0.887. The standard InChI is InChI=1S/C14H13F2NO3S/c15-11-3-1-10(2-4-11)14(18)9-17-21(19,20)13-7-5-12(16)6-8-13/h1-8,14,17-18H,9H2. The molecule has 0 aliphatic carbocycles. The highest BCUT2D eigenvalue weighted by molar-refractivity contribution is 7.89. The van der Waals surface area contributed by atoms with E-state index < -0.39 is 27.8 Å². The molecule has 0 saturated carbocycles. The zero-order valence-corrected chi connectivity index (χ0v) is 11.6. The summed E-state index contributed by atoms with van der Waals surface area (Å²) in [6.07, 6.45) is -1.11. The van der Waals surface area contributed by atoms with Crippen molar-refractivity contribution in [3.63, 3.8) is 0 Å². The Balaban J connectivity index is 2.04. The van der Waals surface area contributed by atoms with Crippen LogP contribution in [0.2, 0.25) is 0 Å². The van der Waals surface area contributed by atoms with Gasteiger partial charge in [0.25, 0.3) is 0 Å². The minimum Gasteiger partial charge on any atom is -0.387 e. The van der Waals surface area contributed by atoms with Crippen LogP contribution >= 0.6 is 0 Å². The first-order valence-corrected chi connectivity index (χ1v) is 7.55. The second kappa shape index (κ2) is 6.30. The molecule has 0 aliphatic rings. The molecule has 2 aromatic carbocycles. The van der Waals surface area contributed by atoms with Crippen LogP contribution < -0.4 is 4.72 Å². The molecule has 0 spiro atoms. The molecule has 112 valence electrons. The number of hydrogen-bond acceptors (Lipinski definition) is 3. The fourth-order valence-corrected chi connectivity index (χ4v) is 2.73. The maximum Gasteiger partial charge on any atom is 0.240 e. The van der Waals surface area contributed by atoms with Crippen molar-refractivity contribution in [2.75, 3.05) is 6.54 Å². The summed E-state index contributed by atoms with van der Waals surface area (Å²) in [5.41, 5.74) is 0.387. The summed E-state index contributed by atoms with van der Waals surface area (Å²) in [6.45, 7) is -0.272. The Labute approximate surface area is 121 Å². The molecule has 4 nitrogen and oxygen atoms in total. The van der Waals surface area contributed by atoms with Crippen molar-refractivity contribution in [1.29, 1.82) is 0 Å². The van der Waals surface area contributed by atoms with Crippen LogP contribution in [0, 0.1) is 11.6 Å². The Morgan fingerprint density at radius 3 is 1.95 bits per heavy atom. The predicted molar refractivity (Wildman–Crippen MR) is 72.9 cm³/mol. The molecule has 0 heterocycles. The number of halogens is 2. The number of rotatable bonds is 5. The third-order valence-corrected chi connectivity index (χ3v) is 4.28. The molecule has 0 saturated heterocycles. The Bertz CT molecular complexity index is 700. The highest BCUT2D eigenvalue weighted by atomic mass is 32.2. The molecule has 0 radical (unpaired) electrons. The van der Waals surface area contributed by atoms with Gasteiger partial charge in [-0.15, -0.1) is 0 Å². The van der Waals surface area contributed by atoms with E-state index in [2.05, 4.69) is 4.72 Å². The van der Waals surface area contributed by atoms with Crippen molar-refractivity contribution in [2.24, 2.45) is 0 Å². The Hall–Kier alpha value is -1.83. The number of sulfonamides is 1. The van der Waals surface area contributed by atoms with Gasteiger partial charge < -0.3 is 5.11 Å². The van der Waals surface area contributed by atoms with Gasteiger partial charge in [0.05, 0.1) is 11.0 Å². The van der Waals surface area contributed by atoms with E-state index in [1.807, 2.05) is 0 Å². The van der Waals surface area contributed by atoms with Crippen LogP contribution in [0.5, 0.6) is 0 Å². The van der Waals surface area contributed by atoms with Crippen molar-refractivity contribution in [2.45, 2.75) is 11.0 Å². The van der Waals surface area contributed by atoms with Crippen molar-refractivity contribution in [3.8, 4) is 0 Å². The van der Waals surface area contributed by atoms with Crippen LogP contribution in [0.4, 0.5) is 8.78 Å². The van der Waals surface area contributed by atoms with Gasteiger partial charge in [-0.25, -0.2) is 21.9 Å². The molecular weight excluding hydrogens is 300 g/mol. The number of aliphatic hydroxyl groups excluding tert-OH is 1. The third-order valence-electron chi connectivity index (χ3n) is 2.85. The molecule has 1 unspecified atom stereocenters. The molecule has 21 heavy (non-hydrogen) atoms. The van der Waals surface area contributed by atoms with Crippen LogP contribution in [0.25, 0.3) is 0 Å². The van der Waals surface area contributed by atoms with Gasteiger partial charge in [0.1, 0.15) is 11.6 Å². The molecule has 1 atom stereocenters. The second-order valence-electron chi connectivity index (χ2n) is 4.37. The van der Waals surface area contributed by atoms with Crippen LogP contribution in [0.3, 0.4) is 0 Å². The topological polar surface area (TPSA) is 66.4 Å². The highest BCUT2D eigenvalue weighted by Gasteiger charge is 2.16. The summed E-state index contributed by atoms with van der Waals surface area (Å²) in [6, 6.07) is 9.40. The molecule has 0 aromatic heterocycles. The zero-order chi connectivity index (χ0) is 15.5. The summed E-state index contributed by atoms with van der Waals surface area (Å²) in [4.78, 5) is -0.102. The average molecular weight is 313 g/mol. The summed E-state index contributed by atoms with van der Waals surface area (Å²) in [5, 5.41) is 9.86. The van der Waals surface area contributed by atoms with Crippen LogP contribution in [0.15, 0.2) is 53.4 Å². The third kappa shape index (κ3) is 4.07. The average Bonchev–Trinajstić information content (AvgIpc) is 2.46. The number of benzene rings is 2. The fourth-order valence-electron chi connectivity index (χ4n) is 1.69. The molecule has 0 amide bonds. The zero-order valence-electron chi connectivity index (χ0n) is 10.8. The maximum atomic E-state index is 12.8. The molecule has 0 bridgehead atoms. The van der Waals surface area contributed by atoms with Crippen molar-refractivity contribution < 1.29 is 22.3 Å². The Kier molecular flexibility index (Phi) is 4.66.